The van der Waals surface area contributed by atoms with E-state index >= 15 is 0 Å². The molecule has 0 radical (unpaired) electrons. The first-order chi connectivity index (χ1) is 15.1. The lowest BCUT2D eigenvalue weighted by molar-refractivity contribution is -0.116. The third kappa shape index (κ3) is 4.46. The Bertz CT molecular complexity index is 1050. The molecule has 3 aromatic rings. The standard InChI is InChI=1S/C22H25N5O3S/c1-4-18-24-25-22-27(18)26-19(14-9-11-16(12-10-14)30-5-2)20(31-22)21(28)23-15-7-6-8-17(13-15)29-3/h6-13,19-20,26H,4-5H2,1-3H3,(H,23,28)/t19-,20-/m1/s1. The van der Waals surface area contributed by atoms with E-state index in [-0.39, 0.29) is 11.9 Å². The number of ether oxygens (including phenoxy) is 2. The minimum Gasteiger partial charge on any atom is -0.497 e. The topological polar surface area (TPSA) is 90.3 Å². The highest BCUT2D eigenvalue weighted by atomic mass is 32.2. The van der Waals surface area contributed by atoms with E-state index < -0.39 is 5.25 Å². The Morgan fingerprint density at radius 1 is 1.16 bits per heavy atom. The van der Waals surface area contributed by atoms with E-state index in [1.165, 1.54) is 11.8 Å². The molecule has 0 aliphatic carbocycles. The molecule has 1 aliphatic heterocycles. The van der Waals surface area contributed by atoms with Crippen LogP contribution in [0.15, 0.2) is 53.7 Å². The second-order valence-electron chi connectivity index (χ2n) is 6.96. The maximum Gasteiger partial charge on any atom is 0.240 e. The quantitative estimate of drug-likeness (QED) is 0.581. The summed E-state index contributed by atoms with van der Waals surface area (Å²) >= 11 is 1.40. The number of amides is 1. The minimum absolute atomic E-state index is 0.128. The predicted octanol–water partition coefficient (Wildman–Crippen LogP) is 3.65. The Balaban J connectivity index is 1.64. The molecule has 162 valence electrons. The lowest BCUT2D eigenvalue weighted by Gasteiger charge is -2.33. The Labute approximate surface area is 185 Å². The molecule has 0 saturated heterocycles. The molecule has 4 rings (SSSR count). The van der Waals surface area contributed by atoms with Gasteiger partial charge in [-0.15, -0.1) is 10.2 Å². The number of methoxy groups -OCH3 is 1. The summed E-state index contributed by atoms with van der Waals surface area (Å²) in [6.45, 7) is 4.58. The summed E-state index contributed by atoms with van der Waals surface area (Å²) in [7, 11) is 1.60. The van der Waals surface area contributed by atoms with Crippen molar-refractivity contribution in [3.63, 3.8) is 0 Å². The molecule has 1 aromatic heterocycles. The molecule has 8 nitrogen and oxygen atoms in total. The number of nitrogens with zero attached hydrogens (tertiary/aromatic N) is 3. The molecule has 0 spiro atoms. The number of hydrogen-bond acceptors (Lipinski definition) is 7. The maximum atomic E-state index is 13.3. The van der Waals surface area contributed by atoms with E-state index in [9.17, 15) is 4.79 Å². The molecule has 9 heteroatoms. The van der Waals surface area contributed by atoms with Crippen molar-refractivity contribution in [3.05, 3.63) is 59.9 Å². The van der Waals surface area contributed by atoms with Crippen LogP contribution in [0.4, 0.5) is 5.69 Å². The van der Waals surface area contributed by atoms with Gasteiger partial charge in [0.2, 0.25) is 11.1 Å². The number of fused-ring (bicyclic) bond motifs is 1. The van der Waals surface area contributed by atoms with Gasteiger partial charge < -0.3 is 20.2 Å². The average molecular weight is 440 g/mol. The van der Waals surface area contributed by atoms with E-state index in [1.807, 2.05) is 61.0 Å². The first-order valence-corrected chi connectivity index (χ1v) is 11.1. The Hall–Kier alpha value is -3.20. The Kier molecular flexibility index (Phi) is 6.31. The van der Waals surface area contributed by atoms with Crippen molar-refractivity contribution in [2.24, 2.45) is 0 Å². The number of rotatable bonds is 7. The van der Waals surface area contributed by atoms with Crippen molar-refractivity contribution < 1.29 is 14.3 Å². The predicted molar refractivity (Wildman–Crippen MR) is 120 cm³/mol. The zero-order chi connectivity index (χ0) is 21.8. The molecule has 0 bridgehead atoms. The highest BCUT2D eigenvalue weighted by Gasteiger charge is 2.37. The largest absolute Gasteiger partial charge is 0.497 e. The van der Waals surface area contributed by atoms with E-state index in [4.69, 9.17) is 9.47 Å². The van der Waals surface area contributed by atoms with E-state index in [1.54, 1.807) is 13.2 Å². The third-order valence-electron chi connectivity index (χ3n) is 4.97. The number of benzene rings is 2. The fourth-order valence-corrected chi connectivity index (χ4v) is 4.53. The minimum atomic E-state index is -0.453. The van der Waals surface area contributed by atoms with Crippen molar-refractivity contribution >= 4 is 23.4 Å². The van der Waals surface area contributed by atoms with Crippen molar-refractivity contribution in [1.29, 1.82) is 0 Å². The van der Waals surface area contributed by atoms with Crippen LogP contribution >= 0.6 is 11.8 Å². The van der Waals surface area contributed by atoms with Gasteiger partial charge in [-0.2, -0.15) is 0 Å². The molecule has 2 atom stereocenters. The maximum absolute atomic E-state index is 13.3. The third-order valence-corrected chi connectivity index (χ3v) is 6.18. The first-order valence-electron chi connectivity index (χ1n) is 10.2. The van der Waals surface area contributed by atoms with Gasteiger partial charge in [0.25, 0.3) is 0 Å². The zero-order valence-corrected chi connectivity index (χ0v) is 18.5. The van der Waals surface area contributed by atoms with Gasteiger partial charge in [0.15, 0.2) is 5.82 Å². The van der Waals surface area contributed by atoms with Gasteiger partial charge in [0, 0.05) is 18.2 Å². The average Bonchev–Trinajstić information content (AvgIpc) is 3.21. The van der Waals surface area contributed by atoms with Crippen LogP contribution in [0.1, 0.15) is 31.3 Å². The van der Waals surface area contributed by atoms with Crippen LogP contribution in [0.3, 0.4) is 0 Å². The summed E-state index contributed by atoms with van der Waals surface area (Å²) < 4.78 is 12.7. The van der Waals surface area contributed by atoms with Crippen LogP contribution in [0, 0.1) is 0 Å². The van der Waals surface area contributed by atoms with Gasteiger partial charge in [-0.1, -0.05) is 36.9 Å². The summed E-state index contributed by atoms with van der Waals surface area (Å²) in [5.41, 5.74) is 5.10. The van der Waals surface area contributed by atoms with Gasteiger partial charge >= 0.3 is 0 Å². The molecule has 1 amide bonds. The van der Waals surface area contributed by atoms with Crippen LogP contribution < -0.4 is 20.2 Å². The second kappa shape index (κ2) is 9.30. The highest BCUT2D eigenvalue weighted by molar-refractivity contribution is 8.00. The fraction of sp³-hybridized carbons (Fsp3) is 0.318. The molecule has 0 saturated carbocycles. The molecule has 0 unspecified atom stereocenters. The van der Waals surface area contributed by atoms with Crippen molar-refractivity contribution in [2.75, 3.05) is 24.5 Å². The monoisotopic (exact) mass is 439 g/mol. The van der Waals surface area contributed by atoms with Crippen LogP contribution in [0.2, 0.25) is 0 Å². The number of thioether (sulfide) groups is 1. The summed E-state index contributed by atoms with van der Waals surface area (Å²) in [5, 5.41) is 11.7. The number of aryl methyl sites for hydroxylation is 1. The van der Waals surface area contributed by atoms with Crippen LogP contribution in [0.25, 0.3) is 0 Å². The summed E-state index contributed by atoms with van der Waals surface area (Å²) in [6.07, 6.45) is 0.733. The number of aromatic nitrogens is 3. The van der Waals surface area contributed by atoms with Crippen LogP contribution in [-0.4, -0.2) is 39.7 Å². The Morgan fingerprint density at radius 2 is 1.97 bits per heavy atom. The number of nitrogens with one attached hydrogen (secondary N) is 2. The molecular formula is C22H25N5O3S. The van der Waals surface area contributed by atoms with Crippen molar-refractivity contribution in [2.45, 2.75) is 36.7 Å². The number of carbonyl (C=O) groups is 1. The van der Waals surface area contributed by atoms with Gasteiger partial charge in [0.05, 0.1) is 19.8 Å². The number of hydrogen-bond donors (Lipinski definition) is 2. The second-order valence-corrected chi connectivity index (χ2v) is 8.06. The highest BCUT2D eigenvalue weighted by Crippen LogP contribution is 2.38. The normalized spacial score (nSPS) is 17.4. The van der Waals surface area contributed by atoms with E-state index in [0.717, 1.165) is 23.6 Å². The smallest absolute Gasteiger partial charge is 0.240 e. The van der Waals surface area contributed by atoms with Crippen molar-refractivity contribution in [1.82, 2.24) is 14.9 Å². The molecule has 31 heavy (non-hydrogen) atoms. The van der Waals surface area contributed by atoms with Crippen LogP contribution in [0.5, 0.6) is 11.5 Å². The number of anilines is 1. The first kappa shape index (κ1) is 21.0. The van der Waals surface area contributed by atoms with Gasteiger partial charge in [-0.3, -0.25) is 4.79 Å². The zero-order valence-electron chi connectivity index (χ0n) is 17.7. The molecule has 2 aromatic carbocycles. The van der Waals surface area contributed by atoms with Gasteiger partial charge in [-0.25, -0.2) is 4.68 Å². The number of carbonyl (C=O) groups excluding carboxylic acids is 1. The van der Waals surface area contributed by atoms with Gasteiger partial charge in [0.1, 0.15) is 16.7 Å². The molecule has 2 N–H and O–H groups in total. The molecule has 0 fully saturated rings. The van der Waals surface area contributed by atoms with Crippen LogP contribution in [-0.2, 0) is 11.2 Å². The molecule has 1 aliphatic rings. The van der Waals surface area contributed by atoms with E-state index in [2.05, 4.69) is 20.9 Å². The van der Waals surface area contributed by atoms with E-state index in [0.29, 0.717) is 23.2 Å². The lowest BCUT2D eigenvalue weighted by atomic mass is 10.0. The summed E-state index contributed by atoms with van der Waals surface area (Å²) in [4.78, 5) is 13.3. The molecular weight excluding hydrogens is 414 g/mol. The summed E-state index contributed by atoms with van der Waals surface area (Å²) in [6, 6.07) is 14.8. The Morgan fingerprint density at radius 3 is 2.68 bits per heavy atom. The fourth-order valence-electron chi connectivity index (χ4n) is 3.43. The van der Waals surface area contributed by atoms with Crippen molar-refractivity contribution in [3.8, 4) is 11.5 Å². The SMILES string of the molecule is CCOc1ccc([C@H]2Nn3c(CC)nnc3S[C@H]2C(=O)Nc2cccc(OC)c2)cc1. The lowest BCUT2D eigenvalue weighted by Crippen LogP contribution is -2.41. The molecule has 2 heterocycles. The van der Waals surface area contributed by atoms with Gasteiger partial charge in [-0.05, 0) is 36.8 Å². The summed E-state index contributed by atoms with van der Waals surface area (Å²) in [5.74, 6) is 2.18.